The van der Waals surface area contributed by atoms with Gasteiger partial charge in [0.15, 0.2) is 0 Å². The molecule has 1 rings (SSSR count). The molecule has 0 fully saturated rings. The molecule has 17 heavy (non-hydrogen) atoms. The van der Waals surface area contributed by atoms with Crippen molar-refractivity contribution >= 4 is 0 Å². The summed E-state index contributed by atoms with van der Waals surface area (Å²) in [5, 5.41) is 0. The SMILES string of the molecule is NCCC(F)(F)c1ccc(C(F)(F)F)c(F)c1. The lowest BCUT2D eigenvalue weighted by molar-refractivity contribution is -0.140. The van der Waals surface area contributed by atoms with Crippen LogP contribution in [0.2, 0.25) is 0 Å². The number of alkyl halides is 5. The van der Waals surface area contributed by atoms with Gasteiger partial charge in [0.1, 0.15) is 5.82 Å². The van der Waals surface area contributed by atoms with Gasteiger partial charge >= 0.3 is 6.18 Å². The molecule has 0 unspecified atom stereocenters. The van der Waals surface area contributed by atoms with E-state index in [1.807, 2.05) is 0 Å². The Balaban J connectivity index is 3.13. The minimum Gasteiger partial charge on any atom is -0.330 e. The third-order valence-corrected chi connectivity index (χ3v) is 2.16. The van der Waals surface area contributed by atoms with Crippen LogP contribution < -0.4 is 5.73 Å². The van der Waals surface area contributed by atoms with Crippen LogP contribution in [0.5, 0.6) is 0 Å². The molecule has 0 bridgehead atoms. The molecule has 0 aromatic heterocycles. The van der Waals surface area contributed by atoms with Crippen molar-refractivity contribution < 1.29 is 26.3 Å². The van der Waals surface area contributed by atoms with Crippen LogP contribution in [-0.4, -0.2) is 6.54 Å². The Hall–Kier alpha value is -1.24. The highest BCUT2D eigenvalue weighted by Gasteiger charge is 2.37. The van der Waals surface area contributed by atoms with E-state index in [0.717, 1.165) is 0 Å². The smallest absolute Gasteiger partial charge is 0.330 e. The van der Waals surface area contributed by atoms with Crippen molar-refractivity contribution in [2.75, 3.05) is 6.54 Å². The standard InChI is InChI=1S/C10H9F6N/c11-8-5-6(9(12,13)3-4-17)1-2-7(8)10(14,15)16/h1-2,5H,3-4,17H2. The maximum atomic E-state index is 13.2. The van der Waals surface area contributed by atoms with E-state index in [4.69, 9.17) is 5.73 Å². The Kier molecular flexibility index (Phi) is 3.71. The lowest BCUT2D eigenvalue weighted by Gasteiger charge is -2.17. The number of halogens is 6. The van der Waals surface area contributed by atoms with Gasteiger partial charge in [0, 0.05) is 12.0 Å². The maximum absolute atomic E-state index is 13.2. The van der Waals surface area contributed by atoms with Crippen molar-refractivity contribution in [3.63, 3.8) is 0 Å². The second-order valence-corrected chi connectivity index (χ2v) is 3.44. The highest BCUT2D eigenvalue weighted by atomic mass is 19.4. The molecule has 0 heterocycles. The van der Waals surface area contributed by atoms with Crippen molar-refractivity contribution in [1.82, 2.24) is 0 Å². The summed E-state index contributed by atoms with van der Waals surface area (Å²) in [6.07, 6.45) is -5.65. The third kappa shape index (κ3) is 3.12. The number of rotatable bonds is 3. The summed E-state index contributed by atoms with van der Waals surface area (Å²) in [6, 6.07) is 1.05. The van der Waals surface area contributed by atoms with E-state index in [1.54, 1.807) is 0 Å². The molecular weight excluding hydrogens is 248 g/mol. The summed E-state index contributed by atoms with van der Waals surface area (Å²) >= 11 is 0. The average Bonchev–Trinajstić information content (AvgIpc) is 2.15. The summed E-state index contributed by atoms with van der Waals surface area (Å²) in [4.78, 5) is 0. The summed E-state index contributed by atoms with van der Waals surface area (Å²) in [5.74, 6) is -5.15. The normalized spacial score (nSPS) is 12.9. The fourth-order valence-corrected chi connectivity index (χ4v) is 1.30. The molecule has 0 aliphatic heterocycles. The van der Waals surface area contributed by atoms with Crippen LogP contribution in [0.4, 0.5) is 26.3 Å². The zero-order valence-corrected chi connectivity index (χ0v) is 8.49. The molecule has 0 radical (unpaired) electrons. The van der Waals surface area contributed by atoms with E-state index in [0.29, 0.717) is 12.1 Å². The Morgan fingerprint density at radius 1 is 1.06 bits per heavy atom. The highest BCUT2D eigenvalue weighted by molar-refractivity contribution is 5.29. The van der Waals surface area contributed by atoms with Crippen molar-refractivity contribution in [2.24, 2.45) is 5.73 Å². The minimum atomic E-state index is -4.90. The van der Waals surface area contributed by atoms with Crippen molar-refractivity contribution in [2.45, 2.75) is 18.5 Å². The molecule has 0 saturated heterocycles. The predicted octanol–water partition coefficient (Wildman–Crippen LogP) is 3.29. The van der Waals surface area contributed by atoms with Gasteiger partial charge in [-0.2, -0.15) is 13.2 Å². The zero-order chi connectivity index (χ0) is 13.3. The molecule has 0 aliphatic rings. The number of nitrogens with two attached hydrogens (primary N) is 1. The highest BCUT2D eigenvalue weighted by Crippen LogP contribution is 2.36. The Labute approximate surface area is 93.2 Å². The van der Waals surface area contributed by atoms with Crippen molar-refractivity contribution in [3.05, 3.63) is 35.1 Å². The first-order valence-electron chi connectivity index (χ1n) is 4.63. The van der Waals surface area contributed by atoms with Crippen LogP contribution in [0.3, 0.4) is 0 Å². The second kappa shape index (κ2) is 4.56. The molecule has 2 N–H and O–H groups in total. The van der Waals surface area contributed by atoms with Gasteiger partial charge in [-0.1, -0.05) is 6.07 Å². The molecular formula is C10H9F6N. The average molecular weight is 257 g/mol. The number of benzene rings is 1. The molecule has 0 atom stereocenters. The van der Waals surface area contributed by atoms with Crippen molar-refractivity contribution in [3.8, 4) is 0 Å². The first kappa shape index (κ1) is 13.8. The molecule has 0 amide bonds. The second-order valence-electron chi connectivity index (χ2n) is 3.44. The van der Waals surface area contributed by atoms with Crippen LogP contribution >= 0.6 is 0 Å². The van der Waals surface area contributed by atoms with E-state index in [1.165, 1.54) is 0 Å². The molecule has 1 aromatic rings. The first-order chi connectivity index (χ1) is 7.68. The van der Waals surface area contributed by atoms with Crippen LogP contribution in [0, 0.1) is 5.82 Å². The van der Waals surface area contributed by atoms with E-state index in [-0.39, 0.29) is 12.6 Å². The fraction of sp³-hybridized carbons (Fsp3) is 0.400. The number of hydrogen-bond donors (Lipinski definition) is 1. The predicted molar refractivity (Wildman–Crippen MR) is 49.0 cm³/mol. The largest absolute Gasteiger partial charge is 0.419 e. The van der Waals surface area contributed by atoms with Gasteiger partial charge in [0.05, 0.1) is 5.56 Å². The molecule has 7 heteroatoms. The Morgan fingerprint density at radius 3 is 2.06 bits per heavy atom. The van der Waals surface area contributed by atoms with E-state index >= 15 is 0 Å². The van der Waals surface area contributed by atoms with Gasteiger partial charge in [-0.3, -0.25) is 0 Å². The molecule has 1 aromatic carbocycles. The molecule has 1 nitrogen and oxygen atoms in total. The molecule has 0 aliphatic carbocycles. The van der Waals surface area contributed by atoms with Gasteiger partial charge in [-0.15, -0.1) is 0 Å². The van der Waals surface area contributed by atoms with Crippen LogP contribution in [0.15, 0.2) is 18.2 Å². The quantitative estimate of drug-likeness (QED) is 0.826. The summed E-state index contributed by atoms with van der Waals surface area (Å²) < 4.78 is 76.0. The van der Waals surface area contributed by atoms with Crippen molar-refractivity contribution in [1.29, 1.82) is 0 Å². The van der Waals surface area contributed by atoms with Gasteiger partial charge in [0.2, 0.25) is 0 Å². The molecule has 0 spiro atoms. The first-order valence-corrected chi connectivity index (χ1v) is 4.63. The van der Waals surface area contributed by atoms with E-state index < -0.39 is 35.5 Å². The van der Waals surface area contributed by atoms with E-state index in [9.17, 15) is 26.3 Å². The summed E-state index contributed by atoms with van der Waals surface area (Å²) in [7, 11) is 0. The molecule has 96 valence electrons. The lowest BCUT2D eigenvalue weighted by Crippen LogP contribution is -2.19. The minimum absolute atomic E-state index is 0.193. The van der Waals surface area contributed by atoms with Gasteiger partial charge in [-0.05, 0) is 18.7 Å². The lowest BCUT2D eigenvalue weighted by atomic mass is 10.0. The third-order valence-electron chi connectivity index (χ3n) is 2.16. The van der Waals surface area contributed by atoms with Crippen LogP contribution in [0.1, 0.15) is 17.5 Å². The zero-order valence-electron chi connectivity index (χ0n) is 8.49. The Bertz CT molecular complexity index is 398. The molecule has 0 saturated carbocycles. The Morgan fingerprint density at radius 2 is 1.65 bits per heavy atom. The van der Waals surface area contributed by atoms with E-state index in [2.05, 4.69) is 0 Å². The summed E-state index contributed by atoms with van der Waals surface area (Å²) in [6.45, 7) is -0.352. The van der Waals surface area contributed by atoms with Crippen LogP contribution in [-0.2, 0) is 12.1 Å². The monoisotopic (exact) mass is 257 g/mol. The summed E-state index contributed by atoms with van der Waals surface area (Å²) in [5.41, 5.74) is 2.56. The fourth-order valence-electron chi connectivity index (χ4n) is 1.30. The maximum Gasteiger partial charge on any atom is 0.419 e. The van der Waals surface area contributed by atoms with Gasteiger partial charge in [0.25, 0.3) is 5.92 Å². The van der Waals surface area contributed by atoms with Crippen LogP contribution in [0.25, 0.3) is 0 Å². The number of hydrogen-bond acceptors (Lipinski definition) is 1. The van der Waals surface area contributed by atoms with Gasteiger partial charge < -0.3 is 5.73 Å². The van der Waals surface area contributed by atoms with Gasteiger partial charge in [-0.25, -0.2) is 13.2 Å². The topological polar surface area (TPSA) is 26.0 Å².